The van der Waals surface area contributed by atoms with Crippen molar-refractivity contribution in [2.24, 2.45) is 0 Å². The summed E-state index contributed by atoms with van der Waals surface area (Å²) >= 11 is 0. The molecule has 1 saturated carbocycles. The highest BCUT2D eigenvalue weighted by Gasteiger charge is 2.25. The second-order valence-corrected chi connectivity index (χ2v) is 6.05. The number of nitrogen functional groups attached to an aromatic ring is 1. The van der Waals surface area contributed by atoms with Crippen LogP contribution in [0.5, 0.6) is 0 Å². The van der Waals surface area contributed by atoms with Gasteiger partial charge in [-0.3, -0.25) is 5.10 Å². The van der Waals surface area contributed by atoms with Crippen LogP contribution in [0.3, 0.4) is 0 Å². The number of aryl methyl sites for hydroxylation is 1. The van der Waals surface area contributed by atoms with Gasteiger partial charge in [-0.15, -0.1) is 0 Å². The van der Waals surface area contributed by atoms with Gasteiger partial charge in [0, 0.05) is 12.0 Å². The van der Waals surface area contributed by atoms with E-state index in [2.05, 4.69) is 20.5 Å². The topological polar surface area (TPSA) is 99.8 Å². The highest BCUT2D eigenvalue weighted by Crippen LogP contribution is 2.33. The predicted octanol–water partition coefficient (Wildman–Crippen LogP) is 2.33. The van der Waals surface area contributed by atoms with E-state index in [9.17, 15) is 5.11 Å². The van der Waals surface area contributed by atoms with Crippen molar-refractivity contribution in [2.75, 3.05) is 11.1 Å². The molecule has 0 saturated heterocycles. The summed E-state index contributed by atoms with van der Waals surface area (Å²) in [6.45, 7) is 1.96. The second-order valence-electron chi connectivity index (χ2n) is 6.05. The van der Waals surface area contributed by atoms with E-state index in [1.807, 2.05) is 25.1 Å². The van der Waals surface area contributed by atoms with Gasteiger partial charge in [0.15, 0.2) is 5.82 Å². The zero-order chi connectivity index (χ0) is 15.5. The number of aliphatic hydroxyl groups is 1. The summed E-state index contributed by atoms with van der Waals surface area (Å²) < 4.78 is 0. The molecule has 2 aromatic rings. The zero-order valence-electron chi connectivity index (χ0n) is 12.8. The largest absolute Gasteiger partial charge is 0.397 e. The lowest BCUT2D eigenvalue weighted by molar-refractivity contribution is 0.282. The molecular weight excluding hydrogens is 278 g/mol. The second kappa shape index (κ2) is 6.36. The third kappa shape index (κ3) is 3.22. The summed E-state index contributed by atoms with van der Waals surface area (Å²) in [6, 6.07) is 6.03. The molecule has 0 atom stereocenters. The minimum absolute atomic E-state index is 0.0336. The van der Waals surface area contributed by atoms with Crippen molar-refractivity contribution < 1.29 is 5.11 Å². The van der Waals surface area contributed by atoms with E-state index >= 15 is 0 Å². The maximum atomic E-state index is 9.24. The molecule has 1 aliphatic carbocycles. The molecule has 1 aliphatic rings. The van der Waals surface area contributed by atoms with Crippen LogP contribution in [-0.4, -0.2) is 26.3 Å². The Kier molecular flexibility index (Phi) is 4.29. The molecule has 22 heavy (non-hydrogen) atoms. The summed E-state index contributed by atoms with van der Waals surface area (Å²) in [5.74, 6) is 2.27. The molecular formula is C16H23N5O. The van der Waals surface area contributed by atoms with Crippen molar-refractivity contribution in [3.05, 3.63) is 35.4 Å². The number of aliphatic hydroxyl groups excluding tert-OH is 1. The number of nitrogens with one attached hydrogen (secondary N) is 2. The first-order valence-corrected chi connectivity index (χ1v) is 7.80. The van der Waals surface area contributed by atoms with Gasteiger partial charge in [-0.2, -0.15) is 5.10 Å². The molecule has 0 unspecified atom stereocenters. The SMILES string of the molecule is Cc1nc(C2CCC(Nc3cc(CO)ccc3N)CC2)n[nH]1. The van der Waals surface area contributed by atoms with Gasteiger partial charge < -0.3 is 16.2 Å². The van der Waals surface area contributed by atoms with Crippen molar-refractivity contribution >= 4 is 11.4 Å². The molecule has 1 aromatic carbocycles. The van der Waals surface area contributed by atoms with Crippen LogP contribution in [-0.2, 0) is 6.61 Å². The normalized spacial score (nSPS) is 21.7. The minimum Gasteiger partial charge on any atom is -0.397 e. The highest BCUT2D eigenvalue weighted by molar-refractivity contribution is 5.67. The van der Waals surface area contributed by atoms with Gasteiger partial charge in [-0.25, -0.2) is 4.98 Å². The molecule has 0 amide bonds. The number of benzene rings is 1. The van der Waals surface area contributed by atoms with Crippen LogP contribution in [0.1, 0.15) is 48.8 Å². The first-order chi connectivity index (χ1) is 10.7. The third-order valence-electron chi connectivity index (χ3n) is 4.37. The van der Waals surface area contributed by atoms with E-state index in [1.165, 1.54) is 0 Å². The predicted molar refractivity (Wildman–Crippen MR) is 86.5 cm³/mol. The van der Waals surface area contributed by atoms with Gasteiger partial charge >= 0.3 is 0 Å². The number of hydrogen-bond donors (Lipinski definition) is 4. The Hall–Kier alpha value is -2.08. The van der Waals surface area contributed by atoms with E-state index in [1.54, 1.807) is 0 Å². The molecule has 1 aromatic heterocycles. The van der Waals surface area contributed by atoms with Crippen LogP contribution in [0.2, 0.25) is 0 Å². The number of aromatic amines is 1. The zero-order valence-corrected chi connectivity index (χ0v) is 12.8. The Morgan fingerprint density at radius 2 is 2.09 bits per heavy atom. The number of anilines is 2. The van der Waals surface area contributed by atoms with Crippen LogP contribution in [0, 0.1) is 6.92 Å². The Bertz CT molecular complexity index is 631. The summed E-state index contributed by atoms with van der Waals surface area (Å²) in [7, 11) is 0. The summed E-state index contributed by atoms with van der Waals surface area (Å²) in [6.07, 6.45) is 4.30. The van der Waals surface area contributed by atoms with Gasteiger partial charge in [-0.05, 0) is 50.3 Å². The fraction of sp³-hybridized carbons (Fsp3) is 0.500. The number of H-pyrrole nitrogens is 1. The maximum absolute atomic E-state index is 9.24. The van der Waals surface area contributed by atoms with Crippen LogP contribution in [0.15, 0.2) is 18.2 Å². The van der Waals surface area contributed by atoms with Gasteiger partial charge in [0.1, 0.15) is 5.82 Å². The van der Waals surface area contributed by atoms with E-state index < -0.39 is 0 Å². The average Bonchev–Trinajstić information content (AvgIpc) is 2.97. The third-order valence-corrected chi connectivity index (χ3v) is 4.37. The fourth-order valence-corrected chi connectivity index (χ4v) is 3.09. The van der Waals surface area contributed by atoms with E-state index in [0.29, 0.717) is 12.0 Å². The number of hydrogen-bond acceptors (Lipinski definition) is 5. The Balaban J connectivity index is 1.60. The summed E-state index contributed by atoms with van der Waals surface area (Å²) in [4.78, 5) is 4.45. The quantitative estimate of drug-likeness (QED) is 0.649. The Labute approximate surface area is 130 Å². The Morgan fingerprint density at radius 1 is 1.32 bits per heavy atom. The van der Waals surface area contributed by atoms with Gasteiger partial charge in [0.2, 0.25) is 0 Å². The average molecular weight is 301 g/mol. The first-order valence-electron chi connectivity index (χ1n) is 7.80. The van der Waals surface area contributed by atoms with Crippen molar-refractivity contribution in [3.63, 3.8) is 0 Å². The molecule has 0 bridgehead atoms. The minimum atomic E-state index is 0.0336. The van der Waals surface area contributed by atoms with Crippen LogP contribution in [0.4, 0.5) is 11.4 Å². The monoisotopic (exact) mass is 301 g/mol. The summed E-state index contributed by atoms with van der Waals surface area (Å²) in [5, 5.41) is 20.0. The van der Waals surface area contributed by atoms with Crippen LogP contribution >= 0.6 is 0 Å². The molecule has 118 valence electrons. The van der Waals surface area contributed by atoms with Gasteiger partial charge in [0.25, 0.3) is 0 Å². The molecule has 6 nitrogen and oxygen atoms in total. The lowest BCUT2D eigenvalue weighted by Gasteiger charge is -2.29. The summed E-state index contributed by atoms with van der Waals surface area (Å²) in [5.41, 5.74) is 8.54. The number of nitrogens with two attached hydrogens (primary N) is 1. The molecule has 1 fully saturated rings. The molecule has 3 rings (SSSR count). The number of nitrogens with zero attached hydrogens (tertiary/aromatic N) is 2. The molecule has 0 radical (unpaired) electrons. The van der Waals surface area contributed by atoms with Gasteiger partial charge in [0.05, 0.1) is 18.0 Å². The standard InChI is InChI=1S/C16H23N5O/c1-10-18-16(21-20-10)12-3-5-13(6-4-12)19-15-8-11(9-22)2-7-14(15)17/h2,7-8,12-13,19,22H,3-6,9,17H2,1H3,(H,18,20,21). The molecule has 6 heteroatoms. The Morgan fingerprint density at radius 3 is 2.73 bits per heavy atom. The van der Waals surface area contributed by atoms with Crippen LogP contribution < -0.4 is 11.1 Å². The van der Waals surface area contributed by atoms with Crippen LogP contribution in [0.25, 0.3) is 0 Å². The molecule has 0 spiro atoms. The lowest BCUT2D eigenvalue weighted by Crippen LogP contribution is -2.26. The van der Waals surface area contributed by atoms with Gasteiger partial charge in [-0.1, -0.05) is 6.07 Å². The fourth-order valence-electron chi connectivity index (χ4n) is 3.09. The van der Waals surface area contributed by atoms with E-state index in [0.717, 1.165) is 54.3 Å². The van der Waals surface area contributed by atoms with E-state index in [-0.39, 0.29) is 6.61 Å². The maximum Gasteiger partial charge on any atom is 0.153 e. The smallest absolute Gasteiger partial charge is 0.153 e. The van der Waals surface area contributed by atoms with Crippen molar-refractivity contribution in [1.82, 2.24) is 15.2 Å². The molecule has 5 N–H and O–H groups in total. The number of aromatic nitrogens is 3. The number of rotatable bonds is 4. The van der Waals surface area contributed by atoms with Crippen molar-refractivity contribution in [3.8, 4) is 0 Å². The van der Waals surface area contributed by atoms with Crippen molar-refractivity contribution in [2.45, 2.75) is 51.2 Å². The van der Waals surface area contributed by atoms with Crippen molar-refractivity contribution in [1.29, 1.82) is 0 Å². The lowest BCUT2D eigenvalue weighted by atomic mass is 9.85. The van der Waals surface area contributed by atoms with E-state index in [4.69, 9.17) is 5.73 Å². The molecule has 1 heterocycles. The highest BCUT2D eigenvalue weighted by atomic mass is 16.3. The molecule has 0 aliphatic heterocycles. The first kappa shape index (κ1) is 14.8.